The van der Waals surface area contributed by atoms with Gasteiger partial charge in [0.15, 0.2) is 0 Å². The number of ether oxygens (including phenoxy) is 1. The zero-order valence-electron chi connectivity index (χ0n) is 11.2. The zero-order valence-corrected chi connectivity index (χ0v) is 11.2. The Kier molecular flexibility index (Phi) is 5.57. The normalized spacial score (nSPS) is 13.4. The van der Waals surface area contributed by atoms with Crippen molar-refractivity contribution in [1.29, 1.82) is 0 Å². The van der Waals surface area contributed by atoms with E-state index in [1.165, 1.54) is 0 Å². The van der Waals surface area contributed by atoms with Crippen LogP contribution in [0.1, 0.15) is 41.0 Å². The number of hydrogen-bond donors (Lipinski definition) is 2. The highest BCUT2D eigenvalue weighted by atomic mass is 16.6. The highest BCUT2D eigenvalue weighted by Gasteiger charge is 2.28. The third-order valence-electron chi connectivity index (χ3n) is 1.87. The van der Waals surface area contributed by atoms with Crippen LogP contribution < -0.4 is 11.6 Å². The van der Waals surface area contributed by atoms with Crippen molar-refractivity contribution in [3.8, 4) is 0 Å². The summed E-state index contributed by atoms with van der Waals surface area (Å²) in [6.45, 7) is 8.94. The number of carbonyl (C=O) groups is 2. The average molecular weight is 245 g/mol. The van der Waals surface area contributed by atoms with Gasteiger partial charge in [-0.05, 0) is 33.1 Å². The van der Waals surface area contributed by atoms with Gasteiger partial charge in [0.1, 0.15) is 5.60 Å². The molecule has 0 rings (SSSR count). The van der Waals surface area contributed by atoms with Crippen LogP contribution in [0, 0.1) is 5.92 Å². The Balaban J connectivity index is 4.44. The molecule has 0 heterocycles. The van der Waals surface area contributed by atoms with Crippen molar-refractivity contribution >= 4 is 12.0 Å². The van der Waals surface area contributed by atoms with Gasteiger partial charge in [-0.1, -0.05) is 13.8 Å². The summed E-state index contributed by atoms with van der Waals surface area (Å²) in [5, 5.41) is 0.443. The van der Waals surface area contributed by atoms with Gasteiger partial charge >= 0.3 is 6.09 Å². The first-order valence-electron chi connectivity index (χ1n) is 5.62. The maximum Gasteiger partial charge on any atom is 0.431 e. The van der Waals surface area contributed by atoms with Crippen molar-refractivity contribution < 1.29 is 14.3 Å². The minimum absolute atomic E-state index is 0.251. The van der Waals surface area contributed by atoms with Gasteiger partial charge in [0, 0.05) is 0 Å². The van der Waals surface area contributed by atoms with Crippen molar-refractivity contribution in [2.75, 3.05) is 0 Å². The molecule has 0 saturated heterocycles. The summed E-state index contributed by atoms with van der Waals surface area (Å²) in [6, 6.07) is -0.785. The van der Waals surface area contributed by atoms with Crippen LogP contribution in [0.2, 0.25) is 0 Å². The number of imide groups is 1. The first-order chi connectivity index (χ1) is 7.54. The zero-order chi connectivity index (χ0) is 13.8. The van der Waals surface area contributed by atoms with Crippen LogP contribution in [0.4, 0.5) is 4.79 Å². The molecule has 0 aliphatic heterocycles. The highest BCUT2D eigenvalue weighted by Crippen LogP contribution is 2.10. The molecule has 1 atom stereocenters. The van der Waals surface area contributed by atoms with E-state index in [4.69, 9.17) is 16.3 Å². The summed E-state index contributed by atoms with van der Waals surface area (Å²) in [7, 11) is 0. The van der Waals surface area contributed by atoms with Crippen LogP contribution in [0.25, 0.3) is 0 Å². The molecule has 0 spiro atoms. The van der Waals surface area contributed by atoms with Gasteiger partial charge in [-0.2, -0.15) is 5.01 Å². The summed E-state index contributed by atoms with van der Waals surface area (Å²) >= 11 is 0. The second-order valence-electron chi connectivity index (χ2n) is 5.42. The molecule has 0 aliphatic rings. The van der Waals surface area contributed by atoms with E-state index in [-0.39, 0.29) is 5.92 Å². The Labute approximate surface area is 102 Å². The molecule has 0 fully saturated rings. The van der Waals surface area contributed by atoms with E-state index >= 15 is 0 Å². The first-order valence-corrected chi connectivity index (χ1v) is 5.62. The molecule has 6 nitrogen and oxygen atoms in total. The summed E-state index contributed by atoms with van der Waals surface area (Å²) in [4.78, 5) is 23.2. The van der Waals surface area contributed by atoms with E-state index in [9.17, 15) is 9.59 Å². The summed E-state index contributed by atoms with van der Waals surface area (Å²) < 4.78 is 4.96. The van der Waals surface area contributed by atoms with Crippen LogP contribution in [-0.4, -0.2) is 28.7 Å². The smallest absolute Gasteiger partial charge is 0.431 e. The Morgan fingerprint density at radius 2 is 1.76 bits per heavy atom. The van der Waals surface area contributed by atoms with Crippen molar-refractivity contribution in [2.24, 2.45) is 17.5 Å². The van der Waals surface area contributed by atoms with Crippen LogP contribution >= 0.6 is 0 Å². The van der Waals surface area contributed by atoms with Gasteiger partial charge < -0.3 is 10.5 Å². The standard InChI is InChI=1S/C11H23N3O3/c1-7(2)6-8(12)9(15)14(13)10(16)17-11(3,4)5/h7-8H,6,12-13H2,1-5H3/t8-/m0/s1. The second kappa shape index (κ2) is 5.97. The largest absolute Gasteiger partial charge is 0.442 e. The lowest BCUT2D eigenvalue weighted by Gasteiger charge is -2.25. The maximum atomic E-state index is 11.7. The van der Waals surface area contributed by atoms with Crippen molar-refractivity contribution in [3.63, 3.8) is 0 Å². The first kappa shape index (κ1) is 15.9. The second-order valence-corrected chi connectivity index (χ2v) is 5.42. The fourth-order valence-electron chi connectivity index (χ4n) is 1.19. The molecule has 0 aromatic carbocycles. The highest BCUT2D eigenvalue weighted by molar-refractivity contribution is 5.94. The molecule has 0 saturated carbocycles. The van der Waals surface area contributed by atoms with Crippen LogP contribution in [0.15, 0.2) is 0 Å². The quantitative estimate of drug-likeness (QED) is 0.439. The molecule has 100 valence electrons. The van der Waals surface area contributed by atoms with Gasteiger partial charge in [0.25, 0.3) is 5.91 Å². The number of carbonyl (C=O) groups excluding carboxylic acids is 2. The predicted octanol–water partition coefficient (Wildman–Crippen LogP) is 0.997. The van der Waals surface area contributed by atoms with E-state index < -0.39 is 23.6 Å². The van der Waals surface area contributed by atoms with Gasteiger partial charge in [0.05, 0.1) is 6.04 Å². The van der Waals surface area contributed by atoms with Gasteiger partial charge in [-0.3, -0.25) is 4.79 Å². The van der Waals surface area contributed by atoms with Crippen molar-refractivity contribution in [2.45, 2.75) is 52.7 Å². The molecule has 0 bridgehead atoms. The van der Waals surface area contributed by atoms with Gasteiger partial charge in [-0.15, -0.1) is 0 Å². The minimum Gasteiger partial charge on any atom is -0.442 e. The molecule has 4 N–H and O–H groups in total. The van der Waals surface area contributed by atoms with E-state index in [1.807, 2.05) is 13.8 Å². The SMILES string of the molecule is CC(C)C[C@H](N)C(=O)N(N)C(=O)OC(C)(C)C. The molecule has 0 aromatic heterocycles. The van der Waals surface area contributed by atoms with Crippen molar-refractivity contribution in [3.05, 3.63) is 0 Å². The van der Waals surface area contributed by atoms with Crippen LogP contribution in [0.5, 0.6) is 0 Å². The lowest BCUT2D eigenvalue weighted by Crippen LogP contribution is -2.52. The van der Waals surface area contributed by atoms with Gasteiger partial charge in [0.2, 0.25) is 0 Å². The Hall–Kier alpha value is -1.14. The van der Waals surface area contributed by atoms with E-state index in [0.717, 1.165) is 0 Å². The molecule has 2 amide bonds. The van der Waals surface area contributed by atoms with Gasteiger partial charge in [-0.25, -0.2) is 10.6 Å². The lowest BCUT2D eigenvalue weighted by atomic mass is 10.0. The molecule has 17 heavy (non-hydrogen) atoms. The summed E-state index contributed by atoms with van der Waals surface area (Å²) in [5.41, 5.74) is 4.94. The number of rotatable bonds is 3. The summed E-state index contributed by atoms with van der Waals surface area (Å²) in [6.07, 6.45) is -0.420. The molecule has 6 heteroatoms. The molecular weight excluding hydrogens is 222 g/mol. The number of hydrogen-bond acceptors (Lipinski definition) is 5. The molecule has 0 unspecified atom stereocenters. The maximum absolute atomic E-state index is 11.7. The number of nitrogens with two attached hydrogens (primary N) is 2. The van der Waals surface area contributed by atoms with Crippen molar-refractivity contribution in [1.82, 2.24) is 5.01 Å². The van der Waals surface area contributed by atoms with Crippen LogP contribution in [-0.2, 0) is 9.53 Å². The molecular formula is C11H23N3O3. The molecule has 0 aliphatic carbocycles. The van der Waals surface area contributed by atoms with Crippen LogP contribution in [0.3, 0.4) is 0 Å². The van der Waals surface area contributed by atoms with E-state index in [0.29, 0.717) is 11.4 Å². The number of amides is 2. The average Bonchev–Trinajstić information content (AvgIpc) is 2.11. The predicted molar refractivity (Wildman–Crippen MR) is 64.7 cm³/mol. The third kappa shape index (κ3) is 6.23. The minimum atomic E-state index is -0.887. The monoisotopic (exact) mass is 245 g/mol. The fraction of sp³-hybridized carbons (Fsp3) is 0.818. The Morgan fingerprint density at radius 3 is 2.12 bits per heavy atom. The topological polar surface area (TPSA) is 98.7 Å². The number of hydrazine groups is 1. The summed E-state index contributed by atoms with van der Waals surface area (Å²) in [5.74, 6) is 4.99. The Morgan fingerprint density at radius 1 is 1.29 bits per heavy atom. The fourth-order valence-corrected chi connectivity index (χ4v) is 1.19. The third-order valence-corrected chi connectivity index (χ3v) is 1.87. The lowest BCUT2D eigenvalue weighted by molar-refractivity contribution is -0.132. The molecule has 0 radical (unpaired) electrons. The Bertz CT molecular complexity index is 284. The number of nitrogens with zero attached hydrogens (tertiary/aromatic N) is 1. The van der Waals surface area contributed by atoms with E-state index in [2.05, 4.69) is 0 Å². The van der Waals surface area contributed by atoms with E-state index in [1.54, 1.807) is 20.8 Å². The molecule has 0 aromatic rings.